The van der Waals surface area contributed by atoms with E-state index in [0.717, 1.165) is 10.9 Å². The highest BCUT2D eigenvalue weighted by molar-refractivity contribution is 5.97. The molecule has 0 aliphatic carbocycles. The fourth-order valence-corrected chi connectivity index (χ4v) is 3.62. The van der Waals surface area contributed by atoms with Gasteiger partial charge in [0.1, 0.15) is 11.4 Å². The zero-order chi connectivity index (χ0) is 20.2. The summed E-state index contributed by atoms with van der Waals surface area (Å²) in [7, 11) is 0. The molecule has 0 bridgehead atoms. The van der Waals surface area contributed by atoms with Gasteiger partial charge >= 0.3 is 5.69 Å². The van der Waals surface area contributed by atoms with Gasteiger partial charge in [-0.3, -0.25) is 9.47 Å². The van der Waals surface area contributed by atoms with E-state index in [0.29, 0.717) is 17.1 Å². The lowest BCUT2D eigenvalue weighted by Crippen LogP contribution is -2.48. The number of amides is 1. The molecule has 0 saturated heterocycles. The number of hydrogen-bond donors (Lipinski definition) is 4. The number of nitrogens with two attached hydrogens (primary N) is 1. The zero-order valence-electron chi connectivity index (χ0n) is 15.0. The molecule has 1 aliphatic rings. The van der Waals surface area contributed by atoms with Gasteiger partial charge in [0, 0.05) is 17.1 Å². The minimum atomic E-state index is -1.68. The van der Waals surface area contributed by atoms with Crippen LogP contribution in [0.1, 0.15) is 11.3 Å². The van der Waals surface area contributed by atoms with Gasteiger partial charge in [0.05, 0.1) is 11.7 Å². The van der Waals surface area contributed by atoms with Crippen molar-refractivity contribution in [3.63, 3.8) is 0 Å². The number of H-pyrrole nitrogens is 1. The van der Waals surface area contributed by atoms with Crippen LogP contribution in [0.2, 0.25) is 0 Å². The highest BCUT2D eigenvalue weighted by atomic mass is 16.3. The number of fused-ring (bicyclic) bond motifs is 2. The Morgan fingerprint density at radius 1 is 1.14 bits per heavy atom. The molecule has 0 radical (unpaired) electrons. The van der Waals surface area contributed by atoms with Crippen LogP contribution in [0.15, 0.2) is 70.6 Å². The second-order valence-corrected chi connectivity index (χ2v) is 6.73. The lowest BCUT2D eigenvalue weighted by atomic mass is 9.97. The van der Waals surface area contributed by atoms with E-state index >= 15 is 0 Å². The molecule has 3 heterocycles. The monoisotopic (exact) mass is 388 g/mol. The predicted molar refractivity (Wildman–Crippen MR) is 108 cm³/mol. The number of hydrogen-bond acceptors (Lipinski definition) is 5. The van der Waals surface area contributed by atoms with Gasteiger partial charge in [0.2, 0.25) is 5.66 Å². The van der Waals surface area contributed by atoms with Gasteiger partial charge in [-0.15, -0.1) is 0 Å². The SMILES string of the molecule is NC(=O)C1(c2cccc(O)c2)N=Cc2[nH]c(=O)n(-n3ccc4ccccc43)c2N1. The summed E-state index contributed by atoms with van der Waals surface area (Å²) in [6, 6.07) is 15.6. The van der Waals surface area contributed by atoms with Crippen LogP contribution >= 0.6 is 0 Å². The first-order valence-electron chi connectivity index (χ1n) is 8.84. The molecule has 1 unspecified atom stereocenters. The predicted octanol–water partition coefficient (Wildman–Crippen LogP) is 1.33. The maximum Gasteiger partial charge on any atom is 0.347 e. The Hall–Kier alpha value is -4.27. The third-order valence-electron chi connectivity index (χ3n) is 5.00. The fourth-order valence-electron chi connectivity index (χ4n) is 3.62. The van der Waals surface area contributed by atoms with Gasteiger partial charge in [-0.05, 0) is 24.3 Å². The number of aromatic amines is 1. The van der Waals surface area contributed by atoms with Gasteiger partial charge in [0.25, 0.3) is 5.91 Å². The van der Waals surface area contributed by atoms with Crippen LogP contribution in [0, 0.1) is 0 Å². The molecule has 0 fully saturated rings. The average molecular weight is 388 g/mol. The number of phenols is 1. The molecule has 4 aromatic rings. The largest absolute Gasteiger partial charge is 0.508 e. The van der Waals surface area contributed by atoms with Crippen molar-refractivity contribution in [3.8, 4) is 5.75 Å². The molecule has 1 amide bonds. The summed E-state index contributed by atoms with van der Waals surface area (Å²) in [5.41, 5.74) is 5.19. The van der Waals surface area contributed by atoms with E-state index < -0.39 is 17.3 Å². The number of nitrogens with zero attached hydrogens (tertiary/aromatic N) is 3. The first-order chi connectivity index (χ1) is 14.0. The lowest BCUT2D eigenvalue weighted by Gasteiger charge is -2.32. The number of rotatable bonds is 3. The molecule has 144 valence electrons. The minimum absolute atomic E-state index is 0.0335. The smallest absolute Gasteiger partial charge is 0.347 e. The van der Waals surface area contributed by atoms with E-state index in [2.05, 4.69) is 15.3 Å². The second kappa shape index (κ2) is 5.86. The molecular weight excluding hydrogens is 372 g/mol. The molecule has 2 aromatic carbocycles. The van der Waals surface area contributed by atoms with Crippen molar-refractivity contribution in [1.82, 2.24) is 14.3 Å². The first kappa shape index (κ1) is 16.9. The van der Waals surface area contributed by atoms with Crippen LogP contribution in [0.5, 0.6) is 5.75 Å². The summed E-state index contributed by atoms with van der Waals surface area (Å²) in [6.45, 7) is 0. The number of aliphatic imine (C=N–C) groups is 1. The molecule has 9 heteroatoms. The molecule has 0 saturated carbocycles. The Kier molecular flexibility index (Phi) is 3.41. The molecule has 1 aliphatic heterocycles. The van der Waals surface area contributed by atoms with E-state index in [-0.39, 0.29) is 5.75 Å². The summed E-state index contributed by atoms with van der Waals surface area (Å²) < 4.78 is 3.05. The first-order valence-corrected chi connectivity index (χ1v) is 8.84. The van der Waals surface area contributed by atoms with Crippen molar-refractivity contribution in [2.24, 2.45) is 10.7 Å². The van der Waals surface area contributed by atoms with Crippen LogP contribution in [-0.4, -0.2) is 31.6 Å². The maximum absolute atomic E-state index is 12.7. The standard InChI is InChI=1S/C20H16N6O3/c21-18(28)20(13-5-3-6-14(27)10-13)22-11-15-17(24-20)26(19(29)23-15)25-9-8-12-4-1-2-7-16(12)25/h1-11,24,27H,(H2,21,28)(H,23,29). The normalized spacial score (nSPS) is 17.8. The summed E-state index contributed by atoms with van der Waals surface area (Å²) in [5, 5.41) is 13.8. The Bertz CT molecular complexity index is 1360. The molecule has 5 rings (SSSR count). The van der Waals surface area contributed by atoms with E-state index in [1.54, 1.807) is 23.0 Å². The molecule has 0 spiro atoms. The summed E-state index contributed by atoms with van der Waals surface area (Å²) in [5.74, 6) is -0.482. The minimum Gasteiger partial charge on any atom is -0.508 e. The van der Waals surface area contributed by atoms with Gasteiger partial charge in [0.15, 0.2) is 5.82 Å². The zero-order valence-corrected chi connectivity index (χ0v) is 15.0. The van der Waals surface area contributed by atoms with E-state index in [4.69, 9.17) is 5.73 Å². The van der Waals surface area contributed by atoms with E-state index in [9.17, 15) is 14.7 Å². The van der Waals surface area contributed by atoms with Crippen LogP contribution in [-0.2, 0) is 10.5 Å². The van der Waals surface area contributed by atoms with Crippen LogP contribution in [0.3, 0.4) is 0 Å². The fraction of sp³-hybridized carbons (Fsp3) is 0.0500. The van der Waals surface area contributed by atoms with Crippen molar-refractivity contribution >= 4 is 28.8 Å². The number of nitrogens with one attached hydrogen (secondary N) is 2. The number of primary amides is 1. The summed E-state index contributed by atoms with van der Waals surface area (Å²) >= 11 is 0. The molecule has 5 N–H and O–H groups in total. The van der Waals surface area contributed by atoms with Gasteiger partial charge in [-0.1, -0.05) is 30.3 Å². The number of carbonyl (C=O) groups excluding carboxylic acids is 1. The van der Waals surface area contributed by atoms with Gasteiger partial charge in [-0.2, -0.15) is 4.68 Å². The van der Waals surface area contributed by atoms with Crippen molar-refractivity contribution in [2.45, 2.75) is 5.66 Å². The van der Waals surface area contributed by atoms with Crippen molar-refractivity contribution in [1.29, 1.82) is 0 Å². The topological polar surface area (TPSA) is 130 Å². The van der Waals surface area contributed by atoms with Gasteiger partial charge in [-0.25, -0.2) is 9.79 Å². The third-order valence-corrected chi connectivity index (χ3v) is 5.00. The van der Waals surface area contributed by atoms with Crippen LogP contribution in [0.25, 0.3) is 10.9 Å². The number of para-hydroxylation sites is 1. The second-order valence-electron chi connectivity index (χ2n) is 6.73. The van der Waals surface area contributed by atoms with Gasteiger partial charge < -0.3 is 21.1 Å². The molecular formula is C20H16N6O3. The van der Waals surface area contributed by atoms with Crippen LogP contribution in [0.4, 0.5) is 5.82 Å². The number of imidazole rings is 1. The summed E-state index contributed by atoms with van der Waals surface area (Å²) in [6.07, 6.45) is 3.15. The van der Waals surface area contributed by atoms with Crippen LogP contribution < -0.4 is 16.7 Å². The van der Waals surface area contributed by atoms with Crippen molar-refractivity contribution in [2.75, 3.05) is 5.32 Å². The highest BCUT2D eigenvalue weighted by Crippen LogP contribution is 2.33. The maximum atomic E-state index is 12.7. The Morgan fingerprint density at radius 3 is 2.76 bits per heavy atom. The molecule has 2 aromatic heterocycles. The number of aromatic hydroxyl groups is 1. The number of anilines is 1. The number of benzene rings is 2. The van der Waals surface area contributed by atoms with E-state index in [1.165, 1.54) is 23.0 Å². The van der Waals surface area contributed by atoms with Crippen molar-refractivity contribution in [3.05, 3.63) is 82.5 Å². The Balaban J connectivity index is 1.73. The average Bonchev–Trinajstić information content (AvgIpc) is 3.26. The summed E-state index contributed by atoms with van der Waals surface area (Å²) in [4.78, 5) is 32.3. The molecule has 29 heavy (non-hydrogen) atoms. The quantitative estimate of drug-likeness (QED) is 0.422. The number of aromatic nitrogens is 3. The molecule has 9 nitrogen and oxygen atoms in total. The van der Waals surface area contributed by atoms with E-state index in [1.807, 2.05) is 30.3 Å². The molecule has 1 atom stereocenters. The Labute approximate surface area is 163 Å². The number of phenolic OH excluding ortho intramolecular Hbond substituents is 1. The van der Waals surface area contributed by atoms with Crippen molar-refractivity contribution < 1.29 is 9.90 Å². The number of carbonyl (C=O) groups is 1. The third kappa shape index (κ3) is 2.37. The lowest BCUT2D eigenvalue weighted by molar-refractivity contribution is -0.122. The highest BCUT2D eigenvalue weighted by Gasteiger charge is 2.42. The Morgan fingerprint density at radius 2 is 1.97 bits per heavy atom.